The second kappa shape index (κ2) is 11.0. The standard InChI is InChI=1S/C26H30FN5OS/c1-17(2)18(3)28-23(33)10-6-7-15-34-26-29-25-24(30-31-26)21-8-4-5-9-22(21)32(25)16-19-11-13-20(27)14-12-19/h4-5,8-9,11-14,17-18H,6-7,10,15-16H2,1-3H3,(H,28,33). The lowest BCUT2D eigenvalue weighted by atomic mass is 10.1. The first kappa shape index (κ1) is 24.1. The van der Waals surface area contributed by atoms with Crippen molar-refractivity contribution in [1.82, 2.24) is 25.1 Å². The van der Waals surface area contributed by atoms with E-state index in [2.05, 4.69) is 33.9 Å². The van der Waals surface area contributed by atoms with E-state index in [4.69, 9.17) is 4.98 Å². The minimum absolute atomic E-state index is 0.107. The number of hydrogen-bond acceptors (Lipinski definition) is 5. The number of hydrogen-bond donors (Lipinski definition) is 1. The first-order chi connectivity index (χ1) is 16.4. The number of fused-ring (bicyclic) bond motifs is 3. The maximum atomic E-state index is 13.4. The van der Waals surface area contributed by atoms with Crippen molar-refractivity contribution < 1.29 is 9.18 Å². The number of thioether (sulfide) groups is 1. The molecule has 1 unspecified atom stereocenters. The molecule has 2 aromatic heterocycles. The summed E-state index contributed by atoms with van der Waals surface area (Å²) in [4.78, 5) is 16.9. The van der Waals surface area contributed by atoms with E-state index in [-0.39, 0.29) is 17.8 Å². The highest BCUT2D eigenvalue weighted by Crippen LogP contribution is 2.28. The van der Waals surface area contributed by atoms with Gasteiger partial charge in [0.25, 0.3) is 0 Å². The van der Waals surface area contributed by atoms with Crippen LogP contribution in [0.5, 0.6) is 0 Å². The maximum Gasteiger partial charge on any atom is 0.220 e. The molecule has 0 bridgehead atoms. The lowest BCUT2D eigenvalue weighted by Gasteiger charge is -2.17. The summed E-state index contributed by atoms with van der Waals surface area (Å²) in [5.74, 6) is 1.10. The zero-order valence-corrected chi connectivity index (χ0v) is 20.6. The third kappa shape index (κ3) is 5.73. The summed E-state index contributed by atoms with van der Waals surface area (Å²) in [5.41, 5.74) is 3.54. The quantitative estimate of drug-likeness (QED) is 0.237. The summed E-state index contributed by atoms with van der Waals surface area (Å²) in [6.45, 7) is 6.81. The highest BCUT2D eigenvalue weighted by Gasteiger charge is 2.15. The fourth-order valence-corrected chi connectivity index (χ4v) is 4.51. The van der Waals surface area contributed by atoms with Crippen LogP contribution in [0.2, 0.25) is 0 Å². The molecule has 178 valence electrons. The Morgan fingerprint density at radius 2 is 1.82 bits per heavy atom. The molecule has 2 heterocycles. The Morgan fingerprint density at radius 3 is 2.59 bits per heavy atom. The highest BCUT2D eigenvalue weighted by atomic mass is 32.2. The number of nitrogens with zero attached hydrogens (tertiary/aromatic N) is 4. The van der Waals surface area contributed by atoms with Gasteiger partial charge in [-0.3, -0.25) is 4.79 Å². The van der Waals surface area contributed by atoms with E-state index < -0.39 is 0 Å². The first-order valence-electron chi connectivity index (χ1n) is 11.7. The molecular formula is C26H30FN5OS. The van der Waals surface area contributed by atoms with Gasteiger partial charge in [0.1, 0.15) is 11.3 Å². The molecule has 6 nitrogen and oxygen atoms in total. The van der Waals surface area contributed by atoms with E-state index in [0.29, 0.717) is 24.0 Å². The molecule has 2 aromatic carbocycles. The number of para-hydroxylation sites is 1. The molecule has 34 heavy (non-hydrogen) atoms. The van der Waals surface area contributed by atoms with Crippen LogP contribution in [0.15, 0.2) is 53.7 Å². The molecule has 4 rings (SSSR count). The van der Waals surface area contributed by atoms with Gasteiger partial charge >= 0.3 is 0 Å². The van der Waals surface area contributed by atoms with E-state index in [9.17, 15) is 9.18 Å². The fraction of sp³-hybridized carbons (Fsp3) is 0.385. The summed E-state index contributed by atoms with van der Waals surface area (Å²) in [5, 5.41) is 13.5. The third-order valence-electron chi connectivity index (χ3n) is 6.03. The van der Waals surface area contributed by atoms with Gasteiger partial charge < -0.3 is 9.88 Å². The van der Waals surface area contributed by atoms with E-state index in [0.717, 1.165) is 46.2 Å². The van der Waals surface area contributed by atoms with Crippen LogP contribution >= 0.6 is 11.8 Å². The number of carbonyl (C=O) groups excluding carboxylic acids is 1. The molecule has 0 aliphatic carbocycles. The molecule has 0 aliphatic rings. The fourth-order valence-electron chi connectivity index (χ4n) is 3.73. The van der Waals surface area contributed by atoms with Crippen LogP contribution < -0.4 is 5.32 Å². The van der Waals surface area contributed by atoms with Gasteiger partial charge in [-0.05, 0) is 49.4 Å². The van der Waals surface area contributed by atoms with Crippen LogP contribution in [0.1, 0.15) is 45.6 Å². The van der Waals surface area contributed by atoms with Gasteiger partial charge in [-0.25, -0.2) is 9.37 Å². The van der Waals surface area contributed by atoms with Gasteiger partial charge in [-0.1, -0.05) is 55.9 Å². The molecule has 4 aromatic rings. The van der Waals surface area contributed by atoms with Crippen molar-refractivity contribution in [2.75, 3.05) is 5.75 Å². The summed E-state index contributed by atoms with van der Waals surface area (Å²) < 4.78 is 15.5. The summed E-state index contributed by atoms with van der Waals surface area (Å²) >= 11 is 1.55. The predicted molar refractivity (Wildman–Crippen MR) is 135 cm³/mol. The molecule has 8 heteroatoms. The van der Waals surface area contributed by atoms with E-state index in [1.165, 1.54) is 12.1 Å². The van der Waals surface area contributed by atoms with Crippen molar-refractivity contribution in [3.63, 3.8) is 0 Å². The molecule has 0 saturated heterocycles. The largest absolute Gasteiger partial charge is 0.353 e. The Balaban J connectivity index is 1.44. The lowest BCUT2D eigenvalue weighted by molar-refractivity contribution is -0.122. The molecule has 0 fully saturated rings. The third-order valence-corrected chi connectivity index (χ3v) is 6.95. The second-order valence-electron chi connectivity index (χ2n) is 8.90. The van der Waals surface area contributed by atoms with Gasteiger partial charge in [0.2, 0.25) is 11.1 Å². The molecule has 0 radical (unpaired) electrons. The molecular weight excluding hydrogens is 449 g/mol. The average molecular weight is 480 g/mol. The van der Waals surface area contributed by atoms with Gasteiger partial charge in [-0.2, -0.15) is 0 Å². The summed E-state index contributed by atoms with van der Waals surface area (Å²) in [6, 6.07) is 14.7. The SMILES string of the molecule is CC(C)C(C)NC(=O)CCCCSc1nnc2c3ccccc3n(Cc3ccc(F)cc3)c2n1. The molecule has 1 N–H and O–H groups in total. The number of halogens is 1. The lowest BCUT2D eigenvalue weighted by Crippen LogP contribution is -2.35. The number of carbonyl (C=O) groups is 1. The topological polar surface area (TPSA) is 72.7 Å². The van der Waals surface area contributed by atoms with Crippen LogP contribution in [0, 0.1) is 11.7 Å². The Kier molecular flexibility index (Phi) is 7.77. The number of nitrogens with one attached hydrogen (secondary N) is 1. The number of unbranched alkanes of at least 4 members (excludes halogenated alkanes) is 1. The predicted octanol–water partition coefficient (Wildman–Crippen LogP) is 5.59. The van der Waals surface area contributed by atoms with Crippen molar-refractivity contribution >= 4 is 39.7 Å². The Labute approximate surface area is 203 Å². The Morgan fingerprint density at radius 1 is 1.06 bits per heavy atom. The second-order valence-corrected chi connectivity index (χ2v) is 9.96. The summed E-state index contributed by atoms with van der Waals surface area (Å²) in [7, 11) is 0. The normalized spacial score (nSPS) is 12.5. The molecule has 1 amide bonds. The van der Waals surface area contributed by atoms with Gasteiger partial charge in [0.15, 0.2) is 5.65 Å². The molecule has 0 spiro atoms. The zero-order valence-electron chi connectivity index (χ0n) is 19.8. The van der Waals surface area contributed by atoms with E-state index in [1.54, 1.807) is 23.9 Å². The van der Waals surface area contributed by atoms with Crippen molar-refractivity contribution in [2.24, 2.45) is 5.92 Å². The van der Waals surface area contributed by atoms with Crippen molar-refractivity contribution in [3.05, 3.63) is 59.9 Å². The minimum Gasteiger partial charge on any atom is -0.353 e. The number of rotatable bonds is 10. The van der Waals surface area contributed by atoms with Gasteiger partial charge in [0.05, 0.1) is 5.52 Å². The van der Waals surface area contributed by atoms with Gasteiger partial charge in [0, 0.05) is 30.1 Å². The number of benzene rings is 2. The maximum absolute atomic E-state index is 13.4. The molecule has 0 saturated carbocycles. The van der Waals surface area contributed by atoms with Crippen LogP contribution in [-0.2, 0) is 11.3 Å². The zero-order chi connectivity index (χ0) is 24.1. The Bertz CT molecular complexity index is 1270. The van der Waals surface area contributed by atoms with Crippen LogP contribution in [-0.4, -0.2) is 37.5 Å². The van der Waals surface area contributed by atoms with Crippen LogP contribution in [0.3, 0.4) is 0 Å². The van der Waals surface area contributed by atoms with Gasteiger partial charge in [-0.15, -0.1) is 10.2 Å². The average Bonchev–Trinajstić information content (AvgIpc) is 3.13. The minimum atomic E-state index is -0.249. The Hall–Kier alpha value is -3.00. The molecule has 0 aliphatic heterocycles. The number of amides is 1. The molecule has 1 atom stereocenters. The van der Waals surface area contributed by atoms with Crippen molar-refractivity contribution in [1.29, 1.82) is 0 Å². The smallest absolute Gasteiger partial charge is 0.220 e. The number of aromatic nitrogens is 4. The first-order valence-corrected chi connectivity index (χ1v) is 12.7. The van der Waals surface area contributed by atoms with Crippen LogP contribution in [0.4, 0.5) is 4.39 Å². The van der Waals surface area contributed by atoms with E-state index in [1.807, 2.05) is 31.2 Å². The van der Waals surface area contributed by atoms with Crippen molar-refractivity contribution in [3.8, 4) is 0 Å². The monoisotopic (exact) mass is 479 g/mol. The highest BCUT2D eigenvalue weighted by molar-refractivity contribution is 7.99. The van der Waals surface area contributed by atoms with Crippen LogP contribution in [0.25, 0.3) is 22.1 Å². The summed E-state index contributed by atoms with van der Waals surface area (Å²) in [6.07, 6.45) is 2.25. The van der Waals surface area contributed by atoms with Crippen molar-refractivity contribution in [2.45, 2.75) is 57.8 Å². The van der Waals surface area contributed by atoms with E-state index >= 15 is 0 Å².